The van der Waals surface area contributed by atoms with Gasteiger partial charge in [-0.25, -0.2) is 0 Å². The second-order valence-electron chi connectivity index (χ2n) is 10.3. The Morgan fingerprint density at radius 2 is 1.85 bits per heavy atom. The SMILES string of the molecule is CC(C)NC(=O)C1N([C@@H](CO)C(C)C)C(=O)[C@@H]2[C@H](C(=O)Nc3ccccc3)[C@@H]3CC(C)C12S3. The first-order chi connectivity index (χ1) is 15.6. The predicted molar refractivity (Wildman–Crippen MR) is 130 cm³/mol. The summed E-state index contributed by atoms with van der Waals surface area (Å²) in [5.41, 5.74) is 0.698. The molecule has 3 amide bonds. The molecule has 4 rings (SSSR count). The van der Waals surface area contributed by atoms with Gasteiger partial charge in [0.2, 0.25) is 17.7 Å². The Morgan fingerprint density at radius 1 is 1.18 bits per heavy atom. The third-order valence-electron chi connectivity index (χ3n) is 7.52. The number of para-hydroxylation sites is 1. The Hall–Kier alpha value is -2.06. The molecule has 1 aromatic carbocycles. The highest BCUT2D eigenvalue weighted by atomic mass is 32.2. The number of benzene rings is 1. The summed E-state index contributed by atoms with van der Waals surface area (Å²) in [5, 5.41) is 16.2. The van der Waals surface area contributed by atoms with Crippen molar-refractivity contribution in [2.24, 2.45) is 23.7 Å². The Labute approximate surface area is 200 Å². The van der Waals surface area contributed by atoms with Gasteiger partial charge in [0.1, 0.15) is 6.04 Å². The van der Waals surface area contributed by atoms with Gasteiger partial charge in [-0.3, -0.25) is 14.4 Å². The zero-order chi connectivity index (χ0) is 24.1. The van der Waals surface area contributed by atoms with E-state index in [1.54, 1.807) is 16.7 Å². The lowest BCUT2D eigenvalue weighted by atomic mass is 9.65. The molecule has 3 unspecified atom stereocenters. The molecule has 0 saturated carbocycles. The van der Waals surface area contributed by atoms with Crippen molar-refractivity contribution >= 4 is 35.2 Å². The standard InChI is InChI=1S/C25H35N3O4S/c1-13(2)17(12-29)28-21(23(31)26-14(3)4)25-15(5)11-18(33-25)19(20(25)24(28)32)22(30)27-16-9-7-6-8-10-16/h6-10,13-15,17-21,29H,11-12H2,1-5H3,(H,26,31)(H,27,30)/t15?,17-,18-,19+,20-,21?,25?/m0/s1. The van der Waals surface area contributed by atoms with Crippen molar-refractivity contribution in [3.8, 4) is 0 Å². The van der Waals surface area contributed by atoms with Crippen molar-refractivity contribution in [1.82, 2.24) is 10.2 Å². The topological polar surface area (TPSA) is 98.7 Å². The van der Waals surface area contributed by atoms with Gasteiger partial charge < -0.3 is 20.6 Å². The van der Waals surface area contributed by atoms with Crippen LogP contribution in [0.2, 0.25) is 0 Å². The lowest BCUT2D eigenvalue weighted by Crippen LogP contribution is -2.60. The maximum atomic E-state index is 14.0. The Kier molecular flexibility index (Phi) is 6.53. The summed E-state index contributed by atoms with van der Waals surface area (Å²) in [7, 11) is 0. The Balaban J connectivity index is 1.76. The van der Waals surface area contributed by atoms with Crippen LogP contribution >= 0.6 is 11.8 Å². The average Bonchev–Trinajstić information content (AvgIpc) is 3.33. The number of fused-ring (bicyclic) bond motifs is 1. The molecule has 3 N–H and O–H groups in total. The molecule has 33 heavy (non-hydrogen) atoms. The second-order valence-corrected chi connectivity index (χ2v) is 11.9. The van der Waals surface area contributed by atoms with E-state index in [9.17, 15) is 19.5 Å². The number of rotatable bonds is 7. The zero-order valence-corrected chi connectivity index (χ0v) is 20.8. The summed E-state index contributed by atoms with van der Waals surface area (Å²) >= 11 is 1.65. The minimum atomic E-state index is -0.712. The Bertz CT molecular complexity index is 923. The summed E-state index contributed by atoms with van der Waals surface area (Å²) in [5.74, 6) is -1.56. The van der Waals surface area contributed by atoms with Crippen molar-refractivity contribution in [1.29, 1.82) is 0 Å². The summed E-state index contributed by atoms with van der Waals surface area (Å²) in [6, 6.07) is 8.00. The van der Waals surface area contributed by atoms with Crippen LogP contribution in [0.15, 0.2) is 30.3 Å². The van der Waals surface area contributed by atoms with Crippen molar-refractivity contribution in [3.05, 3.63) is 30.3 Å². The molecule has 3 fully saturated rings. The van der Waals surface area contributed by atoms with E-state index in [0.717, 1.165) is 6.42 Å². The third kappa shape index (κ3) is 3.75. The number of thioether (sulfide) groups is 1. The summed E-state index contributed by atoms with van der Waals surface area (Å²) < 4.78 is -0.679. The first kappa shape index (κ1) is 24.1. The van der Waals surface area contributed by atoms with Gasteiger partial charge in [0.05, 0.1) is 29.2 Å². The molecule has 3 heterocycles. The van der Waals surface area contributed by atoms with E-state index in [4.69, 9.17) is 0 Å². The lowest BCUT2D eigenvalue weighted by Gasteiger charge is -2.41. The number of aliphatic hydroxyl groups excluding tert-OH is 1. The van der Waals surface area contributed by atoms with Crippen LogP contribution in [0.5, 0.6) is 0 Å². The van der Waals surface area contributed by atoms with E-state index >= 15 is 0 Å². The van der Waals surface area contributed by atoms with E-state index in [0.29, 0.717) is 5.69 Å². The molecule has 0 aliphatic carbocycles. The number of aliphatic hydroxyl groups is 1. The molecule has 2 bridgehead atoms. The van der Waals surface area contributed by atoms with Gasteiger partial charge in [-0.15, -0.1) is 11.8 Å². The second kappa shape index (κ2) is 8.95. The fourth-order valence-electron chi connectivity index (χ4n) is 6.15. The van der Waals surface area contributed by atoms with Crippen LogP contribution in [0.4, 0.5) is 5.69 Å². The van der Waals surface area contributed by atoms with E-state index in [1.807, 2.05) is 58.0 Å². The van der Waals surface area contributed by atoms with Crippen LogP contribution in [-0.4, -0.2) is 62.5 Å². The third-order valence-corrected chi connectivity index (χ3v) is 9.60. The monoisotopic (exact) mass is 473 g/mol. The summed E-state index contributed by atoms with van der Waals surface area (Å²) in [6.07, 6.45) is 0.784. The van der Waals surface area contributed by atoms with Crippen LogP contribution in [-0.2, 0) is 14.4 Å². The van der Waals surface area contributed by atoms with Crippen LogP contribution in [0.1, 0.15) is 41.0 Å². The largest absolute Gasteiger partial charge is 0.394 e. The van der Waals surface area contributed by atoms with Crippen LogP contribution in [0.3, 0.4) is 0 Å². The molecule has 1 spiro atoms. The van der Waals surface area contributed by atoms with Crippen LogP contribution in [0.25, 0.3) is 0 Å². The number of hydrogen-bond acceptors (Lipinski definition) is 5. The average molecular weight is 474 g/mol. The van der Waals surface area contributed by atoms with Gasteiger partial charge >= 0.3 is 0 Å². The highest BCUT2D eigenvalue weighted by Crippen LogP contribution is 2.69. The first-order valence-corrected chi connectivity index (χ1v) is 12.8. The summed E-state index contributed by atoms with van der Waals surface area (Å²) in [6.45, 7) is 9.58. The van der Waals surface area contributed by atoms with Crippen molar-refractivity contribution < 1.29 is 19.5 Å². The van der Waals surface area contributed by atoms with Gasteiger partial charge in [0, 0.05) is 17.0 Å². The highest BCUT2D eigenvalue weighted by Gasteiger charge is 2.76. The van der Waals surface area contributed by atoms with Gasteiger partial charge in [-0.1, -0.05) is 39.0 Å². The fourth-order valence-corrected chi connectivity index (χ4v) is 8.56. The molecule has 180 valence electrons. The molecule has 7 atom stereocenters. The van der Waals surface area contributed by atoms with Crippen molar-refractivity contribution in [3.63, 3.8) is 0 Å². The van der Waals surface area contributed by atoms with E-state index in [2.05, 4.69) is 17.6 Å². The summed E-state index contributed by atoms with van der Waals surface area (Å²) in [4.78, 5) is 42.7. The lowest BCUT2D eigenvalue weighted by molar-refractivity contribution is -0.143. The number of likely N-dealkylation sites (tertiary alicyclic amines) is 1. The maximum Gasteiger partial charge on any atom is 0.244 e. The van der Waals surface area contributed by atoms with Gasteiger partial charge in [0.25, 0.3) is 0 Å². The number of carbonyl (C=O) groups excluding carboxylic acids is 3. The maximum absolute atomic E-state index is 14.0. The van der Waals surface area contributed by atoms with Gasteiger partial charge in [-0.05, 0) is 44.2 Å². The number of nitrogens with zero attached hydrogens (tertiary/aromatic N) is 1. The number of anilines is 1. The molecule has 3 aliphatic rings. The molecule has 3 saturated heterocycles. The van der Waals surface area contributed by atoms with Crippen LogP contribution in [0, 0.1) is 23.7 Å². The number of amides is 3. The molecule has 1 aromatic rings. The molecule has 0 radical (unpaired) electrons. The minimum Gasteiger partial charge on any atom is -0.394 e. The zero-order valence-electron chi connectivity index (χ0n) is 19.9. The number of hydrogen-bond donors (Lipinski definition) is 3. The normalized spacial score (nSPS) is 33.5. The van der Waals surface area contributed by atoms with Gasteiger partial charge in [0.15, 0.2) is 0 Å². The quantitative estimate of drug-likeness (QED) is 0.565. The molecular formula is C25H35N3O4S. The highest BCUT2D eigenvalue weighted by molar-refractivity contribution is 8.02. The molecule has 0 aromatic heterocycles. The molecule has 7 nitrogen and oxygen atoms in total. The van der Waals surface area contributed by atoms with E-state index < -0.39 is 28.7 Å². The minimum absolute atomic E-state index is 0.0132. The Morgan fingerprint density at radius 3 is 2.42 bits per heavy atom. The smallest absolute Gasteiger partial charge is 0.244 e. The van der Waals surface area contributed by atoms with E-state index in [1.165, 1.54) is 0 Å². The molecule has 8 heteroatoms. The first-order valence-electron chi connectivity index (χ1n) is 11.9. The number of carbonyl (C=O) groups is 3. The molecule has 3 aliphatic heterocycles. The van der Waals surface area contributed by atoms with Crippen molar-refractivity contribution in [2.45, 2.75) is 69.2 Å². The fraction of sp³-hybridized carbons (Fsp3) is 0.640. The van der Waals surface area contributed by atoms with E-state index in [-0.39, 0.29) is 47.5 Å². The predicted octanol–water partition coefficient (Wildman–Crippen LogP) is 2.50. The number of nitrogens with one attached hydrogen (secondary N) is 2. The van der Waals surface area contributed by atoms with Gasteiger partial charge in [-0.2, -0.15) is 0 Å². The van der Waals surface area contributed by atoms with Crippen LogP contribution < -0.4 is 10.6 Å². The van der Waals surface area contributed by atoms with Crippen molar-refractivity contribution in [2.75, 3.05) is 11.9 Å². The molecular weight excluding hydrogens is 438 g/mol.